The highest BCUT2D eigenvalue weighted by Gasteiger charge is 2.23. The van der Waals surface area contributed by atoms with Crippen LogP contribution in [0.25, 0.3) is 10.7 Å². The lowest BCUT2D eigenvalue weighted by Crippen LogP contribution is -2.16. The minimum atomic E-state index is 0.265. The van der Waals surface area contributed by atoms with E-state index in [0.717, 1.165) is 41.9 Å². The summed E-state index contributed by atoms with van der Waals surface area (Å²) in [5.41, 5.74) is 1.30. The van der Waals surface area contributed by atoms with Gasteiger partial charge in [-0.15, -0.1) is 21.5 Å². The molecular formula is C19H21N3OS2. The van der Waals surface area contributed by atoms with Gasteiger partial charge in [-0.05, 0) is 36.8 Å². The van der Waals surface area contributed by atoms with Crippen molar-refractivity contribution in [3.63, 3.8) is 0 Å². The fourth-order valence-electron chi connectivity index (χ4n) is 3.07. The number of aromatic nitrogens is 3. The minimum absolute atomic E-state index is 0.265. The van der Waals surface area contributed by atoms with E-state index in [0.29, 0.717) is 5.25 Å². The molecule has 1 aliphatic heterocycles. The van der Waals surface area contributed by atoms with Crippen molar-refractivity contribution in [3.05, 3.63) is 53.4 Å². The van der Waals surface area contributed by atoms with Gasteiger partial charge in [-0.1, -0.05) is 48.2 Å². The maximum Gasteiger partial charge on any atom is 0.192 e. The van der Waals surface area contributed by atoms with Gasteiger partial charge < -0.3 is 4.74 Å². The molecule has 0 bridgehead atoms. The molecule has 1 aromatic carbocycles. The maximum absolute atomic E-state index is 5.86. The first-order chi connectivity index (χ1) is 12.3. The van der Waals surface area contributed by atoms with Crippen LogP contribution in [0.2, 0.25) is 0 Å². The SMILES string of the molecule is CC(Sc1nnc(-c2cccs2)n1CC1CCCO1)c1ccccc1. The first-order valence-corrected chi connectivity index (χ1v) is 10.4. The molecule has 2 aromatic heterocycles. The summed E-state index contributed by atoms with van der Waals surface area (Å²) in [6.07, 6.45) is 2.52. The van der Waals surface area contributed by atoms with E-state index in [2.05, 4.69) is 69.5 Å². The van der Waals surface area contributed by atoms with Crippen LogP contribution in [0.4, 0.5) is 0 Å². The van der Waals surface area contributed by atoms with Crippen LogP contribution < -0.4 is 0 Å². The molecule has 0 radical (unpaired) electrons. The van der Waals surface area contributed by atoms with Crippen molar-refractivity contribution in [2.24, 2.45) is 0 Å². The summed E-state index contributed by atoms with van der Waals surface area (Å²) in [5.74, 6) is 0.952. The maximum atomic E-state index is 5.86. The van der Waals surface area contributed by atoms with Gasteiger partial charge in [0.05, 0.1) is 17.5 Å². The number of benzene rings is 1. The number of hydrogen-bond acceptors (Lipinski definition) is 5. The summed E-state index contributed by atoms with van der Waals surface area (Å²) in [6, 6.07) is 14.7. The topological polar surface area (TPSA) is 39.9 Å². The molecule has 3 heterocycles. The van der Waals surface area contributed by atoms with E-state index in [1.54, 1.807) is 23.1 Å². The molecule has 0 aliphatic carbocycles. The van der Waals surface area contributed by atoms with Crippen molar-refractivity contribution in [1.82, 2.24) is 14.8 Å². The lowest BCUT2D eigenvalue weighted by atomic mass is 10.2. The molecule has 2 unspecified atom stereocenters. The predicted octanol–water partition coefficient (Wildman–Crippen LogP) is 5.04. The van der Waals surface area contributed by atoms with Gasteiger partial charge in [0.1, 0.15) is 0 Å². The molecule has 0 saturated carbocycles. The molecule has 2 atom stereocenters. The average Bonchev–Trinajstić information content (AvgIpc) is 3.39. The van der Waals surface area contributed by atoms with Crippen LogP contribution in [0.3, 0.4) is 0 Å². The standard InChI is InChI=1S/C19H21N3OS2/c1-14(15-7-3-2-4-8-15)25-19-21-20-18(17-10-6-12-24-17)22(19)13-16-9-5-11-23-16/h2-4,6-8,10,12,14,16H,5,9,11,13H2,1H3. The molecule has 1 fully saturated rings. The van der Waals surface area contributed by atoms with Crippen molar-refractivity contribution in [3.8, 4) is 10.7 Å². The quantitative estimate of drug-likeness (QED) is 0.569. The third-order valence-corrected chi connectivity index (χ3v) is 6.42. The van der Waals surface area contributed by atoms with Crippen LogP contribution >= 0.6 is 23.1 Å². The Hall–Kier alpha value is -1.63. The van der Waals surface area contributed by atoms with E-state index >= 15 is 0 Å². The Bertz CT molecular complexity index is 795. The van der Waals surface area contributed by atoms with Crippen LogP contribution in [-0.4, -0.2) is 27.5 Å². The molecule has 130 valence electrons. The number of ether oxygens (including phenoxy) is 1. The zero-order valence-corrected chi connectivity index (χ0v) is 15.8. The van der Waals surface area contributed by atoms with E-state index < -0.39 is 0 Å². The molecule has 4 rings (SSSR count). The van der Waals surface area contributed by atoms with Gasteiger partial charge in [0.2, 0.25) is 0 Å². The normalized spacial score (nSPS) is 18.5. The highest BCUT2D eigenvalue weighted by Crippen LogP contribution is 2.36. The van der Waals surface area contributed by atoms with Crippen molar-refractivity contribution >= 4 is 23.1 Å². The molecule has 4 nitrogen and oxygen atoms in total. The fraction of sp³-hybridized carbons (Fsp3) is 0.368. The second-order valence-corrected chi connectivity index (χ2v) is 8.46. The van der Waals surface area contributed by atoms with Gasteiger partial charge in [0.25, 0.3) is 0 Å². The summed E-state index contributed by atoms with van der Waals surface area (Å²) in [7, 11) is 0. The van der Waals surface area contributed by atoms with Gasteiger partial charge in [-0.2, -0.15) is 0 Å². The van der Waals surface area contributed by atoms with Gasteiger partial charge in [-0.3, -0.25) is 4.57 Å². The highest BCUT2D eigenvalue weighted by atomic mass is 32.2. The smallest absolute Gasteiger partial charge is 0.192 e. The minimum Gasteiger partial charge on any atom is -0.376 e. The van der Waals surface area contributed by atoms with E-state index in [4.69, 9.17) is 4.74 Å². The van der Waals surface area contributed by atoms with Crippen LogP contribution in [0.15, 0.2) is 53.0 Å². The summed E-state index contributed by atoms with van der Waals surface area (Å²) >= 11 is 3.47. The van der Waals surface area contributed by atoms with Gasteiger partial charge in [-0.25, -0.2) is 0 Å². The van der Waals surface area contributed by atoms with Gasteiger partial charge in [0, 0.05) is 11.9 Å². The molecule has 0 spiro atoms. The van der Waals surface area contributed by atoms with Crippen molar-refractivity contribution in [1.29, 1.82) is 0 Å². The molecule has 6 heteroatoms. The summed E-state index contributed by atoms with van der Waals surface area (Å²) in [4.78, 5) is 1.16. The molecule has 25 heavy (non-hydrogen) atoms. The van der Waals surface area contributed by atoms with Crippen LogP contribution in [-0.2, 0) is 11.3 Å². The number of nitrogens with zero attached hydrogens (tertiary/aromatic N) is 3. The number of thiophene rings is 1. The largest absolute Gasteiger partial charge is 0.376 e. The zero-order chi connectivity index (χ0) is 17.1. The Kier molecular flexibility index (Phi) is 5.20. The van der Waals surface area contributed by atoms with Gasteiger partial charge in [0.15, 0.2) is 11.0 Å². The number of thioether (sulfide) groups is 1. The molecule has 1 saturated heterocycles. The summed E-state index contributed by atoms with van der Waals surface area (Å²) < 4.78 is 8.10. The average molecular weight is 372 g/mol. The van der Waals surface area contributed by atoms with Crippen LogP contribution in [0, 0.1) is 0 Å². The Morgan fingerprint density at radius 2 is 2.12 bits per heavy atom. The predicted molar refractivity (Wildman–Crippen MR) is 103 cm³/mol. The molecule has 0 amide bonds. The first-order valence-electron chi connectivity index (χ1n) is 8.61. The lowest BCUT2D eigenvalue weighted by molar-refractivity contribution is 0.0953. The third-order valence-electron chi connectivity index (χ3n) is 4.42. The number of rotatable bonds is 6. The molecular weight excluding hydrogens is 350 g/mol. The number of hydrogen-bond donors (Lipinski definition) is 0. The lowest BCUT2D eigenvalue weighted by Gasteiger charge is -2.16. The Morgan fingerprint density at radius 1 is 1.24 bits per heavy atom. The molecule has 3 aromatic rings. The van der Waals surface area contributed by atoms with Crippen molar-refractivity contribution in [2.75, 3.05) is 6.61 Å². The first kappa shape index (κ1) is 16.8. The van der Waals surface area contributed by atoms with E-state index in [1.165, 1.54) is 5.56 Å². The summed E-state index contributed by atoms with van der Waals surface area (Å²) in [5, 5.41) is 12.4. The zero-order valence-electron chi connectivity index (χ0n) is 14.2. The Morgan fingerprint density at radius 3 is 2.84 bits per heavy atom. The van der Waals surface area contributed by atoms with Crippen molar-refractivity contribution < 1.29 is 4.74 Å². The van der Waals surface area contributed by atoms with Crippen LogP contribution in [0.1, 0.15) is 30.6 Å². The Balaban J connectivity index is 1.62. The van der Waals surface area contributed by atoms with E-state index in [1.807, 2.05) is 0 Å². The summed E-state index contributed by atoms with van der Waals surface area (Å²) in [6.45, 7) is 3.91. The monoisotopic (exact) mass is 371 g/mol. The third kappa shape index (κ3) is 3.81. The second-order valence-electron chi connectivity index (χ2n) is 6.20. The van der Waals surface area contributed by atoms with Crippen LogP contribution in [0.5, 0.6) is 0 Å². The Labute approximate surface area is 156 Å². The molecule has 1 aliphatic rings. The highest BCUT2D eigenvalue weighted by molar-refractivity contribution is 7.99. The van der Waals surface area contributed by atoms with E-state index in [-0.39, 0.29) is 6.10 Å². The van der Waals surface area contributed by atoms with Crippen molar-refractivity contribution in [2.45, 2.75) is 42.8 Å². The fourth-order valence-corrected chi connectivity index (χ4v) is 4.77. The molecule has 0 N–H and O–H groups in total. The second kappa shape index (κ2) is 7.72. The van der Waals surface area contributed by atoms with Gasteiger partial charge >= 0.3 is 0 Å². The van der Waals surface area contributed by atoms with E-state index in [9.17, 15) is 0 Å².